The maximum atomic E-state index is 10.9. The van der Waals surface area contributed by atoms with Gasteiger partial charge in [-0.05, 0) is 18.6 Å². The molecular formula is C11H10O4. The highest BCUT2D eigenvalue weighted by molar-refractivity contribution is 5.84. The highest BCUT2D eigenvalue weighted by Crippen LogP contribution is 2.21. The van der Waals surface area contributed by atoms with Gasteiger partial charge in [0.05, 0.1) is 0 Å². The van der Waals surface area contributed by atoms with Gasteiger partial charge in [-0.2, -0.15) is 0 Å². The van der Waals surface area contributed by atoms with Gasteiger partial charge in [0.2, 0.25) is 0 Å². The number of carbonyl (C=O) groups is 2. The SMILES string of the molecule is C=CC(=O)OC1=CCC=C1OC(=O)C=C. The van der Waals surface area contributed by atoms with Crippen molar-refractivity contribution in [1.29, 1.82) is 0 Å². The number of esters is 2. The van der Waals surface area contributed by atoms with E-state index in [2.05, 4.69) is 13.2 Å². The van der Waals surface area contributed by atoms with Gasteiger partial charge in [-0.25, -0.2) is 9.59 Å². The van der Waals surface area contributed by atoms with Gasteiger partial charge in [0, 0.05) is 12.2 Å². The number of ether oxygens (including phenoxy) is 2. The van der Waals surface area contributed by atoms with Gasteiger partial charge in [-0.3, -0.25) is 0 Å². The Morgan fingerprint density at radius 1 is 1.07 bits per heavy atom. The van der Waals surface area contributed by atoms with Crippen molar-refractivity contribution in [2.24, 2.45) is 0 Å². The highest BCUT2D eigenvalue weighted by Gasteiger charge is 2.17. The third-order valence-electron chi connectivity index (χ3n) is 1.60. The van der Waals surface area contributed by atoms with Crippen LogP contribution in [0.4, 0.5) is 0 Å². The lowest BCUT2D eigenvalue weighted by molar-refractivity contribution is -0.138. The van der Waals surface area contributed by atoms with Crippen molar-refractivity contribution in [2.75, 3.05) is 0 Å². The van der Waals surface area contributed by atoms with E-state index in [1.165, 1.54) is 0 Å². The fraction of sp³-hybridized carbons (Fsp3) is 0.0909. The first-order chi connectivity index (χ1) is 7.17. The van der Waals surface area contributed by atoms with E-state index in [-0.39, 0.29) is 11.5 Å². The molecule has 0 amide bonds. The summed E-state index contributed by atoms with van der Waals surface area (Å²) in [6, 6.07) is 0. The summed E-state index contributed by atoms with van der Waals surface area (Å²) < 4.78 is 9.69. The lowest BCUT2D eigenvalue weighted by Crippen LogP contribution is -2.06. The Morgan fingerprint density at radius 2 is 1.47 bits per heavy atom. The molecule has 0 atom stereocenters. The number of hydrogen-bond donors (Lipinski definition) is 0. The summed E-state index contributed by atoms with van der Waals surface area (Å²) in [5, 5.41) is 0. The first-order valence-corrected chi connectivity index (χ1v) is 4.26. The van der Waals surface area contributed by atoms with Gasteiger partial charge in [0.1, 0.15) is 0 Å². The second-order valence-corrected chi connectivity index (χ2v) is 2.62. The smallest absolute Gasteiger partial charge is 0.335 e. The zero-order valence-corrected chi connectivity index (χ0v) is 8.06. The van der Waals surface area contributed by atoms with Gasteiger partial charge in [-0.1, -0.05) is 13.2 Å². The van der Waals surface area contributed by atoms with Gasteiger partial charge in [-0.15, -0.1) is 0 Å². The van der Waals surface area contributed by atoms with Crippen molar-refractivity contribution in [1.82, 2.24) is 0 Å². The topological polar surface area (TPSA) is 52.6 Å². The molecule has 0 bridgehead atoms. The van der Waals surface area contributed by atoms with Crippen LogP contribution in [-0.2, 0) is 19.1 Å². The Labute approximate surface area is 87.2 Å². The van der Waals surface area contributed by atoms with Gasteiger partial charge in [0.15, 0.2) is 11.5 Å². The molecule has 4 nitrogen and oxygen atoms in total. The van der Waals surface area contributed by atoms with Crippen LogP contribution in [-0.4, -0.2) is 11.9 Å². The molecule has 0 saturated carbocycles. The average Bonchev–Trinajstić information content (AvgIpc) is 2.65. The molecule has 1 aliphatic carbocycles. The first-order valence-electron chi connectivity index (χ1n) is 4.26. The summed E-state index contributed by atoms with van der Waals surface area (Å²) in [5.74, 6) is -0.724. The van der Waals surface area contributed by atoms with Crippen LogP contribution in [0.3, 0.4) is 0 Å². The van der Waals surface area contributed by atoms with E-state index in [0.29, 0.717) is 6.42 Å². The van der Waals surface area contributed by atoms with E-state index in [1.807, 2.05) is 0 Å². The minimum atomic E-state index is -0.594. The molecule has 0 aromatic heterocycles. The van der Waals surface area contributed by atoms with Crippen LogP contribution in [0.2, 0.25) is 0 Å². The third-order valence-corrected chi connectivity index (χ3v) is 1.60. The van der Waals surface area contributed by atoms with E-state index in [1.54, 1.807) is 12.2 Å². The van der Waals surface area contributed by atoms with Crippen LogP contribution >= 0.6 is 0 Å². The molecule has 0 aromatic carbocycles. The highest BCUT2D eigenvalue weighted by atomic mass is 16.6. The molecule has 4 heteroatoms. The van der Waals surface area contributed by atoms with Crippen molar-refractivity contribution in [3.63, 3.8) is 0 Å². The predicted molar refractivity (Wildman–Crippen MR) is 53.4 cm³/mol. The summed E-state index contributed by atoms with van der Waals surface area (Å²) in [5.41, 5.74) is 0. The van der Waals surface area contributed by atoms with Gasteiger partial charge in [0.25, 0.3) is 0 Å². The number of hydrogen-bond acceptors (Lipinski definition) is 4. The molecule has 78 valence electrons. The summed E-state index contributed by atoms with van der Waals surface area (Å²) >= 11 is 0. The van der Waals surface area contributed by atoms with E-state index in [0.717, 1.165) is 12.2 Å². The van der Waals surface area contributed by atoms with Crippen molar-refractivity contribution in [3.05, 3.63) is 49.0 Å². The monoisotopic (exact) mass is 206 g/mol. The molecule has 0 N–H and O–H groups in total. The van der Waals surface area contributed by atoms with Crippen LogP contribution in [0.25, 0.3) is 0 Å². The van der Waals surface area contributed by atoms with Crippen molar-refractivity contribution in [3.8, 4) is 0 Å². The minimum absolute atomic E-state index is 0.232. The Balaban J connectivity index is 2.63. The molecule has 0 saturated heterocycles. The Hall–Kier alpha value is -2.10. The summed E-state index contributed by atoms with van der Waals surface area (Å²) in [6.45, 7) is 6.52. The van der Waals surface area contributed by atoms with Crippen LogP contribution in [0.5, 0.6) is 0 Å². The Kier molecular flexibility index (Phi) is 3.62. The van der Waals surface area contributed by atoms with Crippen LogP contribution < -0.4 is 0 Å². The minimum Gasteiger partial charge on any atom is -0.420 e. The number of carbonyl (C=O) groups excluding carboxylic acids is 2. The number of rotatable bonds is 4. The molecule has 1 rings (SSSR count). The summed E-state index contributed by atoms with van der Waals surface area (Å²) in [7, 11) is 0. The van der Waals surface area contributed by atoms with E-state index >= 15 is 0 Å². The van der Waals surface area contributed by atoms with Crippen LogP contribution in [0.1, 0.15) is 6.42 Å². The largest absolute Gasteiger partial charge is 0.420 e. The standard InChI is InChI=1S/C11H10O4/c1-3-10(12)14-8-6-5-7-9(8)15-11(13)4-2/h3-4,6-7H,1-2,5H2. The van der Waals surface area contributed by atoms with E-state index < -0.39 is 11.9 Å². The maximum absolute atomic E-state index is 10.9. The second-order valence-electron chi connectivity index (χ2n) is 2.62. The zero-order valence-electron chi connectivity index (χ0n) is 8.06. The fourth-order valence-electron chi connectivity index (χ4n) is 0.958. The molecule has 0 fully saturated rings. The first kappa shape index (κ1) is 11.0. The predicted octanol–water partition coefficient (Wildman–Crippen LogP) is 1.62. The Bertz CT molecular complexity index is 338. The van der Waals surface area contributed by atoms with Crippen LogP contribution in [0.15, 0.2) is 49.0 Å². The number of allylic oxidation sites excluding steroid dienone is 2. The lowest BCUT2D eigenvalue weighted by Gasteiger charge is -2.06. The zero-order chi connectivity index (χ0) is 11.3. The van der Waals surface area contributed by atoms with E-state index in [4.69, 9.17) is 9.47 Å². The van der Waals surface area contributed by atoms with E-state index in [9.17, 15) is 9.59 Å². The molecule has 0 unspecified atom stereocenters. The fourth-order valence-corrected chi connectivity index (χ4v) is 0.958. The lowest BCUT2D eigenvalue weighted by atomic mass is 10.4. The van der Waals surface area contributed by atoms with Gasteiger partial charge >= 0.3 is 11.9 Å². The molecule has 0 spiro atoms. The molecule has 0 aliphatic heterocycles. The van der Waals surface area contributed by atoms with Crippen molar-refractivity contribution in [2.45, 2.75) is 6.42 Å². The molecular weight excluding hydrogens is 196 g/mol. The third kappa shape index (κ3) is 2.95. The average molecular weight is 206 g/mol. The summed E-state index contributed by atoms with van der Waals surface area (Å²) in [6.07, 6.45) is 5.89. The molecule has 0 aromatic rings. The quantitative estimate of drug-likeness (QED) is 0.518. The maximum Gasteiger partial charge on any atom is 0.335 e. The van der Waals surface area contributed by atoms with Crippen molar-refractivity contribution < 1.29 is 19.1 Å². The normalized spacial score (nSPS) is 13.6. The second kappa shape index (κ2) is 4.95. The Morgan fingerprint density at radius 3 is 1.80 bits per heavy atom. The molecule has 15 heavy (non-hydrogen) atoms. The molecule has 0 heterocycles. The van der Waals surface area contributed by atoms with Crippen molar-refractivity contribution >= 4 is 11.9 Å². The summed E-state index contributed by atoms with van der Waals surface area (Å²) in [4.78, 5) is 21.8. The molecule has 1 aliphatic rings. The van der Waals surface area contributed by atoms with Gasteiger partial charge < -0.3 is 9.47 Å². The molecule has 0 radical (unpaired) electrons. The van der Waals surface area contributed by atoms with Crippen LogP contribution in [0, 0.1) is 0 Å².